The van der Waals surface area contributed by atoms with Gasteiger partial charge in [-0.2, -0.15) is 0 Å². The average molecular weight is 299 g/mol. The van der Waals surface area contributed by atoms with E-state index in [0.29, 0.717) is 25.7 Å². The van der Waals surface area contributed by atoms with Crippen molar-refractivity contribution in [3.63, 3.8) is 0 Å². The molecule has 0 amide bonds. The molecule has 0 spiro atoms. The minimum Gasteiger partial charge on any atom is -0.393 e. The molecular weight excluding hydrogens is 274 g/mol. The van der Waals surface area contributed by atoms with Gasteiger partial charge >= 0.3 is 0 Å². The highest BCUT2D eigenvalue weighted by Gasteiger charge is 2.19. The second-order valence-electron chi connectivity index (χ2n) is 5.58. The number of hydrogen-bond acceptors (Lipinski definition) is 5. The minimum absolute atomic E-state index is 0.0949. The molecule has 2 rings (SSSR count). The van der Waals surface area contributed by atoms with Crippen LogP contribution in [0.4, 0.5) is 0 Å². The first-order valence-corrected chi connectivity index (χ1v) is 8.29. The topological polar surface area (TPSA) is 61.7 Å². The zero-order valence-electron chi connectivity index (χ0n) is 11.8. The van der Waals surface area contributed by atoms with Crippen LogP contribution < -0.4 is 5.32 Å². The summed E-state index contributed by atoms with van der Waals surface area (Å²) in [5.41, 5.74) is 0. The molecule has 1 saturated carbocycles. The summed E-state index contributed by atoms with van der Waals surface area (Å²) in [7, 11) is 0. The van der Waals surface area contributed by atoms with Crippen molar-refractivity contribution in [1.29, 1.82) is 0 Å². The van der Waals surface area contributed by atoms with E-state index in [9.17, 15) is 10.2 Å². The summed E-state index contributed by atoms with van der Waals surface area (Å²) in [6.45, 7) is 2.45. The first-order chi connectivity index (χ1) is 9.74. The maximum absolute atomic E-state index is 9.83. The lowest BCUT2D eigenvalue weighted by Gasteiger charge is -2.25. The molecule has 1 aromatic heterocycles. The zero-order chi connectivity index (χ0) is 14.2. The molecule has 1 heterocycles. The van der Waals surface area contributed by atoms with Crippen molar-refractivity contribution in [2.24, 2.45) is 5.92 Å². The van der Waals surface area contributed by atoms with Gasteiger partial charge in [0.1, 0.15) is 0 Å². The van der Waals surface area contributed by atoms with Crippen molar-refractivity contribution in [3.05, 3.63) is 22.4 Å². The van der Waals surface area contributed by atoms with Gasteiger partial charge in [0.25, 0.3) is 0 Å². The van der Waals surface area contributed by atoms with Crippen LogP contribution in [-0.2, 0) is 11.3 Å². The maximum Gasteiger partial charge on any atom is 0.0897 e. The molecule has 1 aromatic rings. The molecule has 20 heavy (non-hydrogen) atoms. The number of rotatable bonds is 8. The maximum atomic E-state index is 9.83. The SMILES string of the molecule is OC1CCC(CNCC(O)COCc2cccs2)CC1. The Morgan fingerprint density at radius 1 is 1.35 bits per heavy atom. The Kier molecular flexibility index (Phi) is 6.96. The van der Waals surface area contributed by atoms with Crippen molar-refractivity contribution >= 4 is 11.3 Å². The van der Waals surface area contributed by atoms with E-state index in [-0.39, 0.29) is 6.10 Å². The molecule has 114 valence electrons. The highest BCUT2D eigenvalue weighted by molar-refractivity contribution is 7.09. The fourth-order valence-electron chi connectivity index (χ4n) is 2.55. The largest absolute Gasteiger partial charge is 0.393 e. The third-order valence-corrected chi connectivity index (χ3v) is 4.61. The predicted octanol–water partition coefficient (Wildman–Crippen LogP) is 1.77. The van der Waals surface area contributed by atoms with Gasteiger partial charge in [-0.05, 0) is 49.6 Å². The Labute approximate surface area is 124 Å². The molecule has 1 atom stereocenters. The first-order valence-electron chi connectivity index (χ1n) is 7.41. The third kappa shape index (κ3) is 5.89. The van der Waals surface area contributed by atoms with Crippen LogP contribution in [0.5, 0.6) is 0 Å². The van der Waals surface area contributed by atoms with Crippen LogP contribution in [0, 0.1) is 5.92 Å². The first kappa shape index (κ1) is 15.9. The minimum atomic E-state index is -0.454. The Hall–Kier alpha value is -0.460. The van der Waals surface area contributed by atoms with Gasteiger partial charge < -0.3 is 20.3 Å². The summed E-state index contributed by atoms with van der Waals surface area (Å²) in [6, 6.07) is 4.04. The van der Waals surface area contributed by atoms with E-state index in [1.807, 2.05) is 17.5 Å². The van der Waals surface area contributed by atoms with E-state index in [4.69, 9.17) is 4.74 Å². The van der Waals surface area contributed by atoms with Crippen molar-refractivity contribution < 1.29 is 14.9 Å². The monoisotopic (exact) mass is 299 g/mol. The van der Waals surface area contributed by atoms with E-state index in [1.54, 1.807) is 11.3 Å². The number of nitrogens with one attached hydrogen (secondary N) is 1. The fourth-order valence-corrected chi connectivity index (χ4v) is 3.19. The van der Waals surface area contributed by atoms with Crippen LogP contribution >= 0.6 is 11.3 Å². The standard InChI is InChI=1S/C15H25NO3S/c17-13-5-3-12(4-6-13)8-16-9-14(18)10-19-11-15-2-1-7-20-15/h1-2,7,12-14,16-18H,3-6,8-11H2. The van der Waals surface area contributed by atoms with Gasteiger partial charge in [0, 0.05) is 11.4 Å². The van der Waals surface area contributed by atoms with Crippen molar-refractivity contribution in [3.8, 4) is 0 Å². The number of thiophene rings is 1. The molecule has 1 unspecified atom stereocenters. The van der Waals surface area contributed by atoms with Crippen LogP contribution in [0.3, 0.4) is 0 Å². The zero-order valence-corrected chi connectivity index (χ0v) is 12.6. The second-order valence-corrected chi connectivity index (χ2v) is 6.61. The molecule has 1 fully saturated rings. The van der Waals surface area contributed by atoms with Gasteiger partial charge in [-0.3, -0.25) is 0 Å². The second kappa shape index (κ2) is 8.74. The summed E-state index contributed by atoms with van der Waals surface area (Å²) in [6.07, 6.45) is 3.45. The van der Waals surface area contributed by atoms with Crippen LogP contribution in [-0.4, -0.2) is 42.1 Å². The Bertz CT molecular complexity index is 350. The van der Waals surface area contributed by atoms with Gasteiger partial charge in [0.2, 0.25) is 0 Å². The smallest absolute Gasteiger partial charge is 0.0897 e. The van der Waals surface area contributed by atoms with Crippen molar-refractivity contribution in [2.75, 3.05) is 19.7 Å². The highest BCUT2D eigenvalue weighted by Crippen LogP contribution is 2.23. The van der Waals surface area contributed by atoms with Gasteiger partial charge in [-0.15, -0.1) is 11.3 Å². The lowest BCUT2D eigenvalue weighted by Crippen LogP contribution is -2.35. The summed E-state index contributed by atoms with van der Waals surface area (Å²) in [5, 5.41) is 24.6. The molecular formula is C15H25NO3S. The highest BCUT2D eigenvalue weighted by atomic mass is 32.1. The van der Waals surface area contributed by atoms with Gasteiger partial charge in [-0.1, -0.05) is 6.07 Å². The molecule has 3 N–H and O–H groups in total. The van der Waals surface area contributed by atoms with E-state index in [0.717, 1.165) is 32.2 Å². The van der Waals surface area contributed by atoms with Gasteiger partial charge in [0.15, 0.2) is 0 Å². The molecule has 0 bridgehead atoms. The fraction of sp³-hybridized carbons (Fsp3) is 0.733. The average Bonchev–Trinajstić information content (AvgIpc) is 2.94. The molecule has 0 aromatic carbocycles. The summed E-state index contributed by atoms with van der Waals surface area (Å²) in [5.74, 6) is 0.637. The van der Waals surface area contributed by atoms with Crippen LogP contribution in [0.1, 0.15) is 30.6 Å². The van der Waals surface area contributed by atoms with Crippen molar-refractivity contribution in [1.82, 2.24) is 5.32 Å². The van der Waals surface area contributed by atoms with Crippen LogP contribution in [0.25, 0.3) is 0 Å². The normalized spacial score (nSPS) is 24.7. The molecule has 0 radical (unpaired) electrons. The van der Waals surface area contributed by atoms with Crippen LogP contribution in [0.2, 0.25) is 0 Å². The lowest BCUT2D eigenvalue weighted by molar-refractivity contribution is 0.0288. The van der Waals surface area contributed by atoms with Crippen molar-refractivity contribution in [2.45, 2.75) is 44.5 Å². The molecule has 1 aliphatic rings. The molecule has 0 saturated heterocycles. The quantitative estimate of drug-likeness (QED) is 0.684. The number of aliphatic hydroxyl groups is 2. The number of hydrogen-bond donors (Lipinski definition) is 3. The molecule has 1 aliphatic carbocycles. The third-order valence-electron chi connectivity index (χ3n) is 3.76. The predicted molar refractivity (Wildman–Crippen MR) is 80.8 cm³/mol. The molecule has 0 aliphatic heterocycles. The van der Waals surface area contributed by atoms with E-state index >= 15 is 0 Å². The Morgan fingerprint density at radius 2 is 2.15 bits per heavy atom. The molecule has 5 heteroatoms. The number of ether oxygens (including phenoxy) is 1. The van der Waals surface area contributed by atoms with Crippen LogP contribution in [0.15, 0.2) is 17.5 Å². The lowest BCUT2D eigenvalue weighted by atomic mass is 9.87. The van der Waals surface area contributed by atoms with Gasteiger partial charge in [0.05, 0.1) is 25.4 Å². The Balaban J connectivity index is 1.48. The van der Waals surface area contributed by atoms with E-state index < -0.39 is 6.10 Å². The van der Waals surface area contributed by atoms with Gasteiger partial charge in [-0.25, -0.2) is 0 Å². The van der Waals surface area contributed by atoms with E-state index in [1.165, 1.54) is 4.88 Å². The summed E-state index contributed by atoms with van der Waals surface area (Å²) >= 11 is 1.67. The van der Waals surface area contributed by atoms with E-state index in [2.05, 4.69) is 5.32 Å². The molecule has 4 nitrogen and oxygen atoms in total. The number of aliphatic hydroxyl groups excluding tert-OH is 2. The summed E-state index contributed by atoms with van der Waals surface area (Å²) in [4.78, 5) is 1.19. The summed E-state index contributed by atoms with van der Waals surface area (Å²) < 4.78 is 5.48. The Morgan fingerprint density at radius 3 is 2.85 bits per heavy atom.